The summed E-state index contributed by atoms with van der Waals surface area (Å²) in [5.74, 6) is 0.530. The monoisotopic (exact) mass is 250 g/mol. The Morgan fingerprint density at radius 1 is 1.40 bits per heavy atom. The van der Waals surface area contributed by atoms with Crippen molar-refractivity contribution in [2.45, 2.75) is 37.6 Å². The van der Waals surface area contributed by atoms with Gasteiger partial charge in [0.25, 0.3) is 0 Å². The van der Waals surface area contributed by atoms with E-state index in [4.69, 9.17) is 16.9 Å². The maximum absolute atomic E-state index is 11.6. The largest absolute Gasteiger partial charge is 0.212 e. The lowest BCUT2D eigenvalue weighted by atomic mass is 9.79. The smallest absolute Gasteiger partial charge is 0.212 e. The molecular formula is C9H15ClN2O2S. The first-order valence-corrected chi connectivity index (χ1v) is 7.21. The number of sulfonamides is 1. The summed E-state index contributed by atoms with van der Waals surface area (Å²) in [6, 6.07) is 2.05. The van der Waals surface area contributed by atoms with Gasteiger partial charge in [0.05, 0.1) is 11.8 Å². The molecule has 1 aliphatic carbocycles. The number of nitrogens with zero attached hydrogens (tertiary/aromatic N) is 1. The van der Waals surface area contributed by atoms with Crippen LogP contribution in [-0.2, 0) is 10.0 Å². The molecule has 0 aromatic rings. The molecule has 0 saturated heterocycles. The summed E-state index contributed by atoms with van der Waals surface area (Å²) in [6.07, 6.45) is 3.39. The molecule has 0 aromatic carbocycles. The van der Waals surface area contributed by atoms with Crippen LogP contribution in [-0.4, -0.2) is 25.6 Å². The van der Waals surface area contributed by atoms with E-state index in [0.717, 1.165) is 6.42 Å². The van der Waals surface area contributed by atoms with Crippen LogP contribution in [0.15, 0.2) is 0 Å². The Bertz CT molecular complexity index is 344. The molecule has 0 radical (unpaired) electrons. The molecule has 1 aliphatic rings. The lowest BCUT2D eigenvalue weighted by Crippen LogP contribution is -2.52. The molecule has 15 heavy (non-hydrogen) atoms. The zero-order chi connectivity index (χ0) is 11.4. The first-order chi connectivity index (χ1) is 7.04. The van der Waals surface area contributed by atoms with E-state index < -0.39 is 15.6 Å². The number of nitrogens with one attached hydrogen (secondary N) is 1. The fourth-order valence-corrected chi connectivity index (χ4v) is 3.22. The molecular weight excluding hydrogens is 236 g/mol. The third-order valence-electron chi connectivity index (χ3n) is 2.57. The van der Waals surface area contributed by atoms with Gasteiger partial charge in [-0.2, -0.15) is 9.98 Å². The van der Waals surface area contributed by atoms with E-state index in [1.807, 2.05) is 6.07 Å². The topological polar surface area (TPSA) is 70.0 Å². The third kappa shape index (κ3) is 3.63. The van der Waals surface area contributed by atoms with Gasteiger partial charge in [-0.25, -0.2) is 8.42 Å². The lowest BCUT2D eigenvalue weighted by molar-refractivity contribution is 0.296. The molecule has 1 saturated carbocycles. The van der Waals surface area contributed by atoms with Crippen molar-refractivity contribution in [1.82, 2.24) is 4.72 Å². The Morgan fingerprint density at radius 2 is 2.07 bits per heavy atom. The van der Waals surface area contributed by atoms with Crippen molar-refractivity contribution in [2.24, 2.45) is 0 Å². The first kappa shape index (κ1) is 12.8. The minimum Gasteiger partial charge on any atom is -0.212 e. The van der Waals surface area contributed by atoms with Gasteiger partial charge in [0, 0.05) is 5.88 Å². The lowest BCUT2D eigenvalue weighted by Gasteiger charge is -2.35. The molecule has 0 aromatic heterocycles. The highest BCUT2D eigenvalue weighted by atomic mass is 35.5. The van der Waals surface area contributed by atoms with Crippen molar-refractivity contribution in [3.8, 4) is 6.07 Å². The molecule has 0 unspecified atom stereocenters. The molecule has 0 amide bonds. The summed E-state index contributed by atoms with van der Waals surface area (Å²) in [6.45, 7) is 0. The van der Waals surface area contributed by atoms with E-state index in [1.54, 1.807) is 0 Å². The van der Waals surface area contributed by atoms with Crippen molar-refractivity contribution in [3.63, 3.8) is 0 Å². The second kappa shape index (κ2) is 5.15. The van der Waals surface area contributed by atoms with Gasteiger partial charge in [0.2, 0.25) is 10.0 Å². The highest BCUT2D eigenvalue weighted by Gasteiger charge is 2.40. The number of alkyl halides is 1. The number of halogens is 1. The molecule has 1 fully saturated rings. The highest BCUT2D eigenvalue weighted by Crippen LogP contribution is 2.31. The van der Waals surface area contributed by atoms with Gasteiger partial charge in [-0.3, -0.25) is 0 Å². The van der Waals surface area contributed by atoms with Crippen molar-refractivity contribution < 1.29 is 8.42 Å². The second-order valence-corrected chi connectivity index (χ2v) is 6.08. The van der Waals surface area contributed by atoms with Crippen LogP contribution in [0.25, 0.3) is 0 Å². The zero-order valence-corrected chi connectivity index (χ0v) is 10.1. The fraction of sp³-hybridized carbons (Fsp3) is 0.889. The van der Waals surface area contributed by atoms with Gasteiger partial charge in [-0.05, 0) is 32.1 Å². The molecule has 0 heterocycles. The van der Waals surface area contributed by atoms with Crippen LogP contribution in [0.2, 0.25) is 0 Å². The minimum atomic E-state index is -3.32. The number of nitriles is 1. The average Bonchev–Trinajstić information content (AvgIpc) is 2.12. The van der Waals surface area contributed by atoms with Crippen molar-refractivity contribution in [2.75, 3.05) is 11.6 Å². The van der Waals surface area contributed by atoms with Crippen LogP contribution in [0.4, 0.5) is 0 Å². The third-order valence-corrected chi connectivity index (χ3v) is 4.36. The molecule has 6 heteroatoms. The summed E-state index contributed by atoms with van der Waals surface area (Å²) in [4.78, 5) is 0. The normalized spacial score (nSPS) is 19.2. The molecule has 0 spiro atoms. The van der Waals surface area contributed by atoms with E-state index >= 15 is 0 Å². The van der Waals surface area contributed by atoms with Crippen molar-refractivity contribution in [1.29, 1.82) is 5.26 Å². The van der Waals surface area contributed by atoms with E-state index in [0.29, 0.717) is 31.6 Å². The zero-order valence-electron chi connectivity index (χ0n) is 8.50. The second-order valence-electron chi connectivity index (χ2n) is 3.86. The Hall–Kier alpha value is -0.310. The summed E-state index contributed by atoms with van der Waals surface area (Å²) in [7, 11) is -3.32. The number of hydrogen-bond donors (Lipinski definition) is 1. The van der Waals surface area contributed by atoms with Gasteiger partial charge in [0.1, 0.15) is 5.54 Å². The number of unbranched alkanes of at least 4 members (excludes halogenated alkanes) is 1. The minimum absolute atomic E-state index is 0.0587. The van der Waals surface area contributed by atoms with E-state index in [2.05, 4.69) is 4.72 Å². The SMILES string of the molecule is N#CC1(NS(=O)(=O)CCCCCl)CCC1. The molecule has 4 nitrogen and oxygen atoms in total. The Balaban J connectivity index is 2.46. The molecule has 0 atom stereocenters. The predicted molar refractivity (Wildman–Crippen MR) is 59.1 cm³/mol. The molecule has 86 valence electrons. The Morgan fingerprint density at radius 3 is 2.47 bits per heavy atom. The Kier molecular flexibility index (Phi) is 4.38. The maximum atomic E-state index is 11.6. The highest BCUT2D eigenvalue weighted by molar-refractivity contribution is 7.89. The quantitative estimate of drug-likeness (QED) is 0.572. The van der Waals surface area contributed by atoms with Crippen LogP contribution in [0, 0.1) is 11.3 Å². The summed E-state index contributed by atoms with van der Waals surface area (Å²) in [5, 5.41) is 8.87. The molecule has 1 N–H and O–H groups in total. The van der Waals surface area contributed by atoms with Crippen LogP contribution in [0.1, 0.15) is 32.1 Å². The average molecular weight is 251 g/mol. The van der Waals surface area contributed by atoms with Gasteiger partial charge in [-0.1, -0.05) is 0 Å². The molecule has 0 aliphatic heterocycles. The van der Waals surface area contributed by atoms with Crippen molar-refractivity contribution in [3.05, 3.63) is 0 Å². The van der Waals surface area contributed by atoms with Crippen molar-refractivity contribution >= 4 is 21.6 Å². The van der Waals surface area contributed by atoms with Gasteiger partial charge >= 0.3 is 0 Å². The van der Waals surface area contributed by atoms with Gasteiger partial charge in [-0.15, -0.1) is 11.6 Å². The van der Waals surface area contributed by atoms with E-state index in [-0.39, 0.29) is 5.75 Å². The van der Waals surface area contributed by atoms with Crippen LogP contribution in [0.3, 0.4) is 0 Å². The standard InChI is InChI=1S/C9H15ClN2O2S/c10-6-1-2-7-15(13,14)12-9(8-11)4-3-5-9/h12H,1-7H2. The summed E-state index contributed by atoms with van der Waals surface area (Å²) in [5.41, 5.74) is -0.820. The van der Waals surface area contributed by atoms with E-state index in [1.165, 1.54) is 0 Å². The van der Waals surface area contributed by atoms with Crippen LogP contribution in [0.5, 0.6) is 0 Å². The first-order valence-electron chi connectivity index (χ1n) is 5.02. The number of rotatable bonds is 6. The summed E-state index contributed by atoms with van der Waals surface area (Å²) < 4.78 is 25.6. The van der Waals surface area contributed by atoms with Gasteiger partial charge in [0.15, 0.2) is 0 Å². The maximum Gasteiger partial charge on any atom is 0.212 e. The summed E-state index contributed by atoms with van der Waals surface area (Å²) >= 11 is 5.46. The van der Waals surface area contributed by atoms with Gasteiger partial charge < -0.3 is 0 Å². The fourth-order valence-electron chi connectivity index (χ4n) is 1.50. The Labute approximate surface area is 95.7 Å². The van der Waals surface area contributed by atoms with Crippen LogP contribution < -0.4 is 4.72 Å². The predicted octanol–water partition coefficient (Wildman–Crippen LogP) is 1.37. The molecule has 1 rings (SSSR count). The van der Waals surface area contributed by atoms with Crippen LogP contribution >= 0.6 is 11.6 Å². The number of hydrogen-bond acceptors (Lipinski definition) is 3. The van der Waals surface area contributed by atoms with E-state index in [9.17, 15) is 8.42 Å². The molecule has 0 bridgehead atoms.